The fourth-order valence-electron chi connectivity index (χ4n) is 2.92. The summed E-state index contributed by atoms with van der Waals surface area (Å²) < 4.78 is 15.8. The van der Waals surface area contributed by atoms with Gasteiger partial charge in [0, 0.05) is 18.7 Å². The molecule has 138 valence electrons. The van der Waals surface area contributed by atoms with Crippen molar-refractivity contribution in [1.29, 1.82) is 0 Å². The standard InChI is InChI=1S/C18H24ClNO5/c1-5-8-25-15-13(19)9-12(10-14(15)23-3)16(21)20-7-6-18(2,11-20)17(22)24-4/h9-10H,5-8,11H2,1-4H3/t18-/m1/s1. The van der Waals surface area contributed by atoms with Crippen LogP contribution in [0.3, 0.4) is 0 Å². The fourth-order valence-corrected chi connectivity index (χ4v) is 3.18. The van der Waals surface area contributed by atoms with Gasteiger partial charge >= 0.3 is 5.97 Å². The summed E-state index contributed by atoms with van der Waals surface area (Å²) in [6, 6.07) is 3.19. The summed E-state index contributed by atoms with van der Waals surface area (Å²) in [6.45, 7) is 5.10. The van der Waals surface area contributed by atoms with Gasteiger partial charge in [-0.1, -0.05) is 18.5 Å². The first-order chi connectivity index (χ1) is 11.9. The highest BCUT2D eigenvalue weighted by Crippen LogP contribution is 2.38. The van der Waals surface area contributed by atoms with Crippen LogP contribution < -0.4 is 9.47 Å². The molecule has 1 fully saturated rings. The van der Waals surface area contributed by atoms with Gasteiger partial charge in [0.1, 0.15) is 0 Å². The highest BCUT2D eigenvalue weighted by molar-refractivity contribution is 6.32. The maximum absolute atomic E-state index is 12.8. The van der Waals surface area contributed by atoms with Gasteiger partial charge in [0.15, 0.2) is 11.5 Å². The maximum Gasteiger partial charge on any atom is 0.313 e. The van der Waals surface area contributed by atoms with Gasteiger partial charge in [0.2, 0.25) is 0 Å². The molecule has 1 saturated heterocycles. The van der Waals surface area contributed by atoms with Crippen LogP contribution in [0.15, 0.2) is 12.1 Å². The first-order valence-electron chi connectivity index (χ1n) is 8.24. The zero-order valence-corrected chi connectivity index (χ0v) is 15.8. The molecule has 1 aromatic rings. The molecule has 0 unspecified atom stereocenters. The molecule has 0 bridgehead atoms. The molecule has 0 spiro atoms. The maximum atomic E-state index is 12.8. The third kappa shape index (κ3) is 4.00. The molecule has 1 aliphatic heterocycles. The normalized spacial score (nSPS) is 19.6. The number of nitrogens with zero attached hydrogens (tertiary/aromatic N) is 1. The van der Waals surface area contributed by atoms with Crippen LogP contribution in [0.5, 0.6) is 11.5 Å². The average molecular weight is 370 g/mol. The van der Waals surface area contributed by atoms with Crippen molar-refractivity contribution in [2.75, 3.05) is 33.9 Å². The topological polar surface area (TPSA) is 65.1 Å². The van der Waals surface area contributed by atoms with E-state index in [0.29, 0.717) is 48.2 Å². The number of carbonyl (C=O) groups excluding carboxylic acids is 2. The molecule has 1 atom stereocenters. The van der Waals surface area contributed by atoms with Crippen LogP contribution in [-0.4, -0.2) is 50.7 Å². The van der Waals surface area contributed by atoms with Crippen LogP contribution in [-0.2, 0) is 9.53 Å². The van der Waals surface area contributed by atoms with Crippen LogP contribution in [0, 0.1) is 5.41 Å². The number of halogens is 1. The zero-order valence-electron chi connectivity index (χ0n) is 15.1. The van der Waals surface area contributed by atoms with Crippen LogP contribution in [0.4, 0.5) is 0 Å². The molecule has 6 nitrogen and oxygen atoms in total. The van der Waals surface area contributed by atoms with E-state index in [-0.39, 0.29) is 11.9 Å². The average Bonchev–Trinajstić information content (AvgIpc) is 3.02. The largest absolute Gasteiger partial charge is 0.493 e. The summed E-state index contributed by atoms with van der Waals surface area (Å²) in [7, 11) is 2.86. The molecule has 7 heteroatoms. The van der Waals surface area contributed by atoms with Gasteiger partial charge in [-0.05, 0) is 31.9 Å². The van der Waals surface area contributed by atoms with Crippen molar-refractivity contribution in [3.8, 4) is 11.5 Å². The van der Waals surface area contributed by atoms with Gasteiger partial charge in [0.05, 0.1) is 31.3 Å². The number of amides is 1. The molecule has 0 aromatic heterocycles. The molecular weight excluding hydrogens is 346 g/mol. The van der Waals surface area contributed by atoms with Gasteiger partial charge < -0.3 is 19.1 Å². The smallest absolute Gasteiger partial charge is 0.313 e. The number of ether oxygens (including phenoxy) is 3. The van der Waals surface area contributed by atoms with Crippen LogP contribution in [0.1, 0.15) is 37.0 Å². The predicted molar refractivity (Wildman–Crippen MR) is 94.4 cm³/mol. The lowest BCUT2D eigenvalue weighted by molar-refractivity contribution is -0.150. The molecule has 0 aliphatic carbocycles. The Balaban J connectivity index is 2.23. The van der Waals surface area contributed by atoms with E-state index in [1.165, 1.54) is 14.2 Å². The number of hydrogen-bond donors (Lipinski definition) is 0. The van der Waals surface area contributed by atoms with Gasteiger partial charge in [-0.3, -0.25) is 9.59 Å². The van der Waals surface area contributed by atoms with E-state index in [2.05, 4.69) is 0 Å². The third-order valence-electron chi connectivity index (χ3n) is 4.37. The fraction of sp³-hybridized carbons (Fsp3) is 0.556. The third-order valence-corrected chi connectivity index (χ3v) is 4.65. The number of esters is 1. The quantitative estimate of drug-likeness (QED) is 0.720. The number of hydrogen-bond acceptors (Lipinski definition) is 5. The van der Waals surface area contributed by atoms with E-state index >= 15 is 0 Å². The number of methoxy groups -OCH3 is 2. The monoisotopic (exact) mass is 369 g/mol. The molecule has 2 rings (SSSR count). The van der Waals surface area contributed by atoms with Gasteiger partial charge in [-0.15, -0.1) is 0 Å². The van der Waals surface area contributed by atoms with E-state index in [4.69, 9.17) is 25.8 Å². The van der Waals surface area contributed by atoms with Gasteiger partial charge in [-0.25, -0.2) is 0 Å². The Kier molecular flexibility index (Phi) is 6.16. The first kappa shape index (κ1) is 19.4. The molecular formula is C18H24ClNO5. The van der Waals surface area contributed by atoms with Gasteiger partial charge in [-0.2, -0.15) is 0 Å². The summed E-state index contributed by atoms with van der Waals surface area (Å²) >= 11 is 6.28. The van der Waals surface area contributed by atoms with Crippen LogP contribution in [0.25, 0.3) is 0 Å². The zero-order chi connectivity index (χ0) is 18.6. The van der Waals surface area contributed by atoms with Crippen molar-refractivity contribution in [3.63, 3.8) is 0 Å². The predicted octanol–water partition coefficient (Wildman–Crippen LogP) is 3.16. The Labute approximate surface area is 153 Å². The van der Waals surface area contributed by atoms with E-state index < -0.39 is 5.41 Å². The van der Waals surface area contributed by atoms with Crippen LogP contribution >= 0.6 is 11.6 Å². The number of carbonyl (C=O) groups is 2. The minimum atomic E-state index is -0.678. The Morgan fingerprint density at radius 1 is 1.32 bits per heavy atom. The van der Waals surface area contributed by atoms with Crippen molar-refractivity contribution in [2.24, 2.45) is 5.41 Å². The first-order valence-corrected chi connectivity index (χ1v) is 8.62. The second-order valence-electron chi connectivity index (χ2n) is 6.37. The van der Waals surface area contributed by atoms with Crippen LogP contribution in [0.2, 0.25) is 5.02 Å². The van der Waals surface area contributed by atoms with E-state index in [0.717, 1.165) is 6.42 Å². The Hall–Kier alpha value is -1.95. The Morgan fingerprint density at radius 2 is 2.04 bits per heavy atom. The van der Waals surface area contributed by atoms with Crippen molar-refractivity contribution >= 4 is 23.5 Å². The summed E-state index contributed by atoms with van der Waals surface area (Å²) in [6.07, 6.45) is 1.40. The summed E-state index contributed by atoms with van der Waals surface area (Å²) in [5.41, 5.74) is -0.276. The molecule has 0 radical (unpaired) electrons. The highest BCUT2D eigenvalue weighted by Gasteiger charge is 2.43. The second-order valence-corrected chi connectivity index (χ2v) is 6.77. The number of rotatable bonds is 6. The molecule has 1 aromatic carbocycles. The molecule has 1 aliphatic rings. The number of benzene rings is 1. The summed E-state index contributed by atoms with van der Waals surface area (Å²) in [4.78, 5) is 26.4. The van der Waals surface area contributed by atoms with Gasteiger partial charge in [0.25, 0.3) is 5.91 Å². The van der Waals surface area contributed by atoms with Crippen molar-refractivity contribution in [3.05, 3.63) is 22.7 Å². The van der Waals surface area contributed by atoms with E-state index in [1.807, 2.05) is 6.92 Å². The highest BCUT2D eigenvalue weighted by atomic mass is 35.5. The SMILES string of the molecule is CCCOc1c(Cl)cc(C(=O)N2CC[C@@](C)(C(=O)OC)C2)cc1OC. The molecule has 1 amide bonds. The Bertz CT molecular complexity index is 663. The summed E-state index contributed by atoms with van der Waals surface area (Å²) in [5.74, 6) is 0.346. The van der Waals surface area contributed by atoms with E-state index in [9.17, 15) is 9.59 Å². The molecule has 0 saturated carbocycles. The minimum absolute atomic E-state index is 0.199. The molecule has 1 heterocycles. The molecule has 25 heavy (non-hydrogen) atoms. The van der Waals surface area contributed by atoms with Crippen molar-refractivity contribution in [1.82, 2.24) is 4.90 Å². The Morgan fingerprint density at radius 3 is 2.64 bits per heavy atom. The molecule has 0 N–H and O–H groups in total. The van der Waals surface area contributed by atoms with Crippen molar-refractivity contribution in [2.45, 2.75) is 26.7 Å². The van der Waals surface area contributed by atoms with E-state index in [1.54, 1.807) is 24.0 Å². The second kappa shape index (κ2) is 7.95. The minimum Gasteiger partial charge on any atom is -0.493 e. The lowest BCUT2D eigenvalue weighted by atomic mass is 9.90. The van der Waals surface area contributed by atoms with Crippen molar-refractivity contribution < 1.29 is 23.8 Å². The lowest BCUT2D eigenvalue weighted by Crippen LogP contribution is -2.35. The summed E-state index contributed by atoms with van der Waals surface area (Å²) in [5, 5.41) is 0.325. The lowest BCUT2D eigenvalue weighted by Gasteiger charge is -2.22. The number of likely N-dealkylation sites (tertiary alicyclic amines) is 1.